The van der Waals surface area contributed by atoms with Gasteiger partial charge in [0, 0.05) is 11.8 Å². The second kappa shape index (κ2) is 7.95. The van der Waals surface area contributed by atoms with E-state index in [4.69, 9.17) is 4.74 Å². The summed E-state index contributed by atoms with van der Waals surface area (Å²) < 4.78 is 7.08. The molecule has 0 aliphatic rings. The number of hydrogen-bond donors (Lipinski definition) is 2. The van der Waals surface area contributed by atoms with E-state index in [0.29, 0.717) is 18.0 Å². The molecule has 6 heteroatoms. The maximum absolute atomic E-state index is 12.4. The van der Waals surface area contributed by atoms with Crippen LogP contribution in [-0.2, 0) is 6.54 Å². The van der Waals surface area contributed by atoms with E-state index in [-0.39, 0.29) is 6.03 Å². The van der Waals surface area contributed by atoms with Crippen molar-refractivity contribution in [2.45, 2.75) is 27.3 Å². The van der Waals surface area contributed by atoms with Gasteiger partial charge in [0.1, 0.15) is 5.75 Å². The van der Waals surface area contributed by atoms with Crippen LogP contribution in [0, 0.1) is 20.8 Å². The Bertz CT molecular complexity index is 945. The van der Waals surface area contributed by atoms with Crippen molar-refractivity contribution < 1.29 is 9.53 Å². The molecule has 0 atom stereocenters. The summed E-state index contributed by atoms with van der Waals surface area (Å²) >= 11 is 0. The van der Waals surface area contributed by atoms with Gasteiger partial charge in [0.2, 0.25) is 0 Å². The van der Waals surface area contributed by atoms with Crippen LogP contribution in [0.2, 0.25) is 0 Å². The van der Waals surface area contributed by atoms with E-state index in [1.54, 1.807) is 13.2 Å². The normalized spacial score (nSPS) is 10.5. The molecule has 3 aromatic rings. The largest absolute Gasteiger partial charge is 0.497 e. The molecule has 0 saturated carbocycles. The molecule has 0 radical (unpaired) electrons. The monoisotopic (exact) mass is 364 g/mol. The standard InChI is InChI=1S/C21H24N4O2/c1-14-8-10-17(11-9-14)13-25-16(3)20(15(2)24-25)23-21(26)22-18-6-5-7-19(12-18)27-4/h5-12H,13H2,1-4H3,(H2,22,23,26). The Labute approximate surface area is 159 Å². The van der Waals surface area contributed by atoms with Gasteiger partial charge in [-0.2, -0.15) is 5.10 Å². The molecule has 0 aliphatic carbocycles. The molecule has 3 rings (SSSR count). The number of anilines is 2. The highest BCUT2D eigenvalue weighted by atomic mass is 16.5. The summed E-state index contributed by atoms with van der Waals surface area (Å²) in [7, 11) is 1.59. The van der Waals surface area contributed by atoms with Crippen LogP contribution >= 0.6 is 0 Å². The second-order valence-corrected chi connectivity index (χ2v) is 6.50. The first-order chi connectivity index (χ1) is 13.0. The minimum absolute atomic E-state index is 0.315. The molecule has 1 aromatic heterocycles. The van der Waals surface area contributed by atoms with Gasteiger partial charge in [-0.05, 0) is 38.5 Å². The number of methoxy groups -OCH3 is 1. The summed E-state index contributed by atoms with van der Waals surface area (Å²) in [6.07, 6.45) is 0. The SMILES string of the molecule is COc1cccc(NC(=O)Nc2c(C)nn(Cc3ccc(C)cc3)c2C)c1. The zero-order chi connectivity index (χ0) is 19.4. The lowest BCUT2D eigenvalue weighted by atomic mass is 10.1. The molecule has 0 unspecified atom stereocenters. The molecule has 0 spiro atoms. The molecule has 0 bridgehead atoms. The minimum atomic E-state index is -0.315. The van der Waals surface area contributed by atoms with Gasteiger partial charge in [-0.1, -0.05) is 35.9 Å². The number of ether oxygens (including phenoxy) is 1. The van der Waals surface area contributed by atoms with Crippen molar-refractivity contribution in [2.75, 3.05) is 17.7 Å². The smallest absolute Gasteiger partial charge is 0.323 e. The number of aryl methyl sites for hydroxylation is 2. The topological polar surface area (TPSA) is 68.2 Å². The molecule has 2 N–H and O–H groups in total. The molecule has 0 saturated heterocycles. The van der Waals surface area contributed by atoms with Crippen molar-refractivity contribution in [3.63, 3.8) is 0 Å². The van der Waals surface area contributed by atoms with Gasteiger partial charge in [-0.15, -0.1) is 0 Å². The molecule has 6 nitrogen and oxygen atoms in total. The molecule has 2 amide bonds. The Morgan fingerprint density at radius 1 is 1.07 bits per heavy atom. The van der Waals surface area contributed by atoms with Crippen molar-refractivity contribution in [1.82, 2.24) is 9.78 Å². The number of rotatable bonds is 5. The van der Waals surface area contributed by atoms with E-state index >= 15 is 0 Å². The van der Waals surface area contributed by atoms with Crippen LogP contribution in [-0.4, -0.2) is 22.9 Å². The van der Waals surface area contributed by atoms with E-state index in [2.05, 4.69) is 46.9 Å². The Morgan fingerprint density at radius 3 is 2.52 bits per heavy atom. The second-order valence-electron chi connectivity index (χ2n) is 6.50. The van der Waals surface area contributed by atoms with E-state index in [1.807, 2.05) is 36.7 Å². The Balaban J connectivity index is 1.72. The summed E-state index contributed by atoms with van der Waals surface area (Å²) in [4.78, 5) is 12.4. The fraction of sp³-hybridized carbons (Fsp3) is 0.238. The number of nitrogens with one attached hydrogen (secondary N) is 2. The molecular weight excluding hydrogens is 340 g/mol. The third kappa shape index (κ3) is 4.47. The molecule has 2 aromatic carbocycles. The fourth-order valence-corrected chi connectivity index (χ4v) is 2.87. The van der Waals surface area contributed by atoms with E-state index in [9.17, 15) is 4.79 Å². The summed E-state index contributed by atoms with van der Waals surface area (Å²) in [5.74, 6) is 0.686. The molecular formula is C21H24N4O2. The lowest BCUT2D eigenvalue weighted by Gasteiger charge is -2.10. The van der Waals surface area contributed by atoms with Crippen LogP contribution in [0.3, 0.4) is 0 Å². The predicted octanol–water partition coefficient (Wildman–Crippen LogP) is 4.51. The molecule has 1 heterocycles. The first kappa shape index (κ1) is 18.5. The average molecular weight is 364 g/mol. The number of hydrogen-bond acceptors (Lipinski definition) is 3. The lowest BCUT2D eigenvalue weighted by Crippen LogP contribution is -2.20. The molecule has 140 valence electrons. The van der Waals surface area contributed by atoms with Crippen molar-refractivity contribution in [3.8, 4) is 5.75 Å². The van der Waals surface area contributed by atoms with Gasteiger partial charge < -0.3 is 15.4 Å². The van der Waals surface area contributed by atoms with Crippen molar-refractivity contribution in [1.29, 1.82) is 0 Å². The zero-order valence-electron chi connectivity index (χ0n) is 16.0. The molecule has 27 heavy (non-hydrogen) atoms. The Hall–Kier alpha value is -3.28. The number of carbonyl (C=O) groups is 1. The third-order valence-corrected chi connectivity index (χ3v) is 4.40. The number of carbonyl (C=O) groups excluding carboxylic acids is 1. The Kier molecular flexibility index (Phi) is 5.45. The van der Waals surface area contributed by atoms with Crippen molar-refractivity contribution in [2.24, 2.45) is 0 Å². The maximum Gasteiger partial charge on any atom is 0.323 e. The highest BCUT2D eigenvalue weighted by Gasteiger charge is 2.14. The summed E-state index contributed by atoms with van der Waals surface area (Å²) in [6.45, 7) is 6.57. The first-order valence-corrected chi connectivity index (χ1v) is 8.78. The third-order valence-electron chi connectivity index (χ3n) is 4.40. The quantitative estimate of drug-likeness (QED) is 0.700. The van der Waals surface area contributed by atoms with Crippen molar-refractivity contribution in [3.05, 3.63) is 71.0 Å². The highest BCUT2D eigenvalue weighted by molar-refractivity contribution is 6.00. The number of aromatic nitrogens is 2. The summed E-state index contributed by atoms with van der Waals surface area (Å²) in [5.41, 5.74) is 5.47. The Morgan fingerprint density at radius 2 is 1.81 bits per heavy atom. The minimum Gasteiger partial charge on any atom is -0.497 e. The lowest BCUT2D eigenvalue weighted by molar-refractivity contribution is 0.262. The van der Waals surface area contributed by atoms with Crippen LogP contribution in [0.15, 0.2) is 48.5 Å². The van der Waals surface area contributed by atoms with E-state index < -0.39 is 0 Å². The van der Waals surface area contributed by atoms with Gasteiger partial charge >= 0.3 is 6.03 Å². The fourth-order valence-electron chi connectivity index (χ4n) is 2.87. The number of urea groups is 1. The first-order valence-electron chi connectivity index (χ1n) is 8.78. The van der Waals surface area contributed by atoms with Crippen LogP contribution in [0.5, 0.6) is 5.75 Å². The average Bonchev–Trinajstić information content (AvgIpc) is 2.91. The number of benzene rings is 2. The van der Waals surface area contributed by atoms with Crippen molar-refractivity contribution >= 4 is 17.4 Å². The van der Waals surface area contributed by atoms with Gasteiger partial charge in [-0.25, -0.2) is 4.79 Å². The summed E-state index contributed by atoms with van der Waals surface area (Å²) in [6, 6.07) is 15.3. The summed E-state index contributed by atoms with van der Waals surface area (Å²) in [5, 5.41) is 10.3. The molecule has 0 fully saturated rings. The van der Waals surface area contributed by atoms with E-state index in [1.165, 1.54) is 11.1 Å². The maximum atomic E-state index is 12.4. The number of nitrogens with zero attached hydrogens (tertiary/aromatic N) is 2. The predicted molar refractivity (Wildman–Crippen MR) is 108 cm³/mol. The van der Waals surface area contributed by atoms with Crippen LogP contribution in [0.4, 0.5) is 16.2 Å². The van der Waals surface area contributed by atoms with Gasteiger partial charge in [0.05, 0.1) is 30.7 Å². The number of amides is 2. The van der Waals surface area contributed by atoms with E-state index in [0.717, 1.165) is 17.1 Å². The zero-order valence-corrected chi connectivity index (χ0v) is 16.0. The van der Waals surface area contributed by atoms with Crippen LogP contribution in [0.25, 0.3) is 0 Å². The van der Waals surface area contributed by atoms with Crippen LogP contribution < -0.4 is 15.4 Å². The van der Waals surface area contributed by atoms with Gasteiger partial charge in [-0.3, -0.25) is 4.68 Å². The van der Waals surface area contributed by atoms with Gasteiger partial charge in [0.25, 0.3) is 0 Å². The van der Waals surface area contributed by atoms with Crippen LogP contribution in [0.1, 0.15) is 22.5 Å². The highest BCUT2D eigenvalue weighted by Crippen LogP contribution is 2.22. The molecule has 0 aliphatic heterocycles. The van der Waals surface area contributed by atoms with Gasteiger partial charge in [0.15, 0.2) is 0 Å².